The van der Waals surface area contributed by atoms with Crippen LogP contribution in [0.1, 0.15) is 0 Å². The Morgan fingerprint density at radius 2 is 2.05 bits per heavy atom. The van der Waals surface area contributed by atoms with E-state index in [1.54, 1.807) is 0 Å². The first-order valence-corrected chi connectivity index (χ1v) is 6.83. The van der Waals surface area contributed by atoms with Gasteiger partial charge in [-0.2, -0.15) is 13.2 Å². The topological polar surface area (TPSA) is 68.1 Å². The number of nitro benzene ring substituents is 1. The maximum absolute atomic E-state index is 12.0. The molecule has 0 atom stereocenters. The molecule has 1 aromatic heterocycles. The van der Waals surface area contributed by atoms with E-state index in [9.17, 15) is 23.3 Å². The van der Waals surface area contributed by atoms with Gasteiger partial charge in [0.15, 0.2) is 0 Å². The van der Waals surface area contributed by atoms with Crippen LogP contribution in [-0.4, -0.2) is 27.7 Å². The highest BCUT2D eigenvalue weighted by molar-refractivity contribution is 8.00. The first-order valence-electron chi connectivity index (χ1n) is 5.84. The summed E-state index contributed by atoms with van der Waals surface area (Å²) in [5, 5.41) is 14.7. The Kier molecular flexibility index (Phi) is 4.51. The number of hydrogen-bond donors (Lipinski definition) is 1. The number of nitrogens with one attached hydrogen (secondary N) is 1. The average molecular weight is 317 g/mol. The van der Waals surface area contributed by atoms with Crippen LogP contribution in [0.25, 0.3) is 10.8 Å². The highest BCUT2D eigenvalue weighted by atomic mass is 32.2. The van der Waals surface area contributed by atoms with Gasteiger partial charge in [-0.05, 0) is 23.9 Å². The van der Waals surface area contributed by atoms with Gasteiger partial charge in [0.05, 0.1) is 10.3 Å². The van der Waals surface area contributed by atoms with Crippen molar-refractivity contribution < 1.29 is 18.1 Å². The van der Waals surface area contributed by atoms with E-state index in [4.69, 9.17) is 0 Å². The third-order valence-electron chi connectivity index (χ3n) is 2.68. The summed E-state index contributed by atoms with van der Waals surface area (Å²) in [4.78, 5) is 14.3. The molecule has 9 heteroatoms. The van der Waals surface area contributed by atoms with Crippen LogP contribution < -0.4 is 5.32 Å². The quantitative estimate of drug-likeness (QED) is 0.516. The second-order valence-corrected chi connectivity index (χ2v) is 5.19. The molecular formula is C12H10F3N3O2S. The molecule has 5 nitrogen and oxygen atoms in total. The van der Waals surface area contributed by atoms with Crippen molar-refractivity contribution in [1.29, 1.82) is 0 Å². The zero-order valence-corrected chi connectivity index (χ0v) is 11.4. The maximum Gasteiger partial charge on any atom is 0.441 e. The summed E-state index contributed by atoms with van der Waals surface area (Å²) in [7, 11) is 0. The minimum Gasteiger partial charge on any atom is -0.384 e. The molecule has 1 aromatic carbocycles. The van der Waals surface area contributed by atoms with E-state index in [-0.39, 0.29) is 29.7 Å². The first-order chi connectivity index (χ1) is 9.88. The van der Waals surface area contributed by atoms with Crippen molar-refractivity contribution in [3.05, 3.63) is 40.7 Å². The van der Waals surface area contributed by atoms with Crippen LogP contribution in [0, 0.1) is 10.1 Å². The molecular weight excluding hydrogens is 307 g/mol. The Morgan fingerprint density at radius 1 is 1.29 bits per heavy atom. The fourth-order valence-corrected chi connectivity index (χ4v) is 2.28. The lowest BCUT2D eigenvalue weighted by Crippen LogP contribution is -2.09. The van der Waals surface area contributed by atoms with Crippen molar-refractivity contribution in [2.24, 2.45) is 0 Å². The van der Waals surface area contributed by atoms with Crippen LogP contribution in [0.3, 0.4) is 0 Å². The number of nitrogens with zero attached hydrogens (tertiary/aromatic N) is 2. The van der Waals surface area contributed by atoms with E-state index in [1.165, 1.54) is 30.6 Å². The predicted octanol–water partition coefficient (Wildman–Crippen LogP) is 3.81. The molecule has 0 spiro atoms. The number of hydrogen-bond acceptors (Lipinski definition) is 5. The minimum atomic E-state index is -4.26. The first kappa shape index (κ1) is 15.4. The van der Waals surface area contributed by atoms with Gasteiger partial charge in [-0.3, -0.25) is 15.1 Å². The van der Waals surface area contributed by atoms with Gasteiger partial charge in [0, 0.05) is 41.8 Å². The Hall–Kier alpha value is -2.03. The van der Waals surface area contributed by atoms with Crippen LogP contribution in [0.5, 0.6) is 0 Å². The summed E-state index contributed by atoms with van der Waals surface area (Å²) < 4.78 is 36.1. The molecule has 0 amide bonds. The summed E-state index contributed by atoms with van der Waals surface area (Å²) in [6.07, 6.45) is 2.88. The van der Waals surface area contributed by atoms with Gasteiger partial charge in [0.25, 0.3) is 5.69 Å². The number of aromatic nitrogens is 1. The zero-order valence-electron chi connectivity index (χ0n) is 10.6. The third-order valence-corrected chi connectivity index (χ3v) is 3.41. The predicted molar refractivity (Wildman–Crippen MR) is 75.4 cm³/mol. The highest BCUT2D eigenvalue weighted by Gasteiger charge is 2.27. The number of pyridine rings is 1. The van der Waals surface area contributed by atoms with Crippen LogP contribution in [0.15, 0.2) is 30.6 Å². The number of benzene rings is 1. The molecule has 2 aromatic rings. The number of halogens is 3. The van der Waals surface area contributed by atoms with E-state index in [2.05, 4.69) is 10.3 Å². The molecule has 0 aliphatic heterocycles. The lowest BCUT2D eigenvalue weighted by atomic mass is 10.1. The van der Waals surface area contributed by atoms with Gasteiger partial charge >= 0.3 is 5.51 Å². The summed E-state index contributed by atoms with van der Waals surface area (Å²) in [6, 6.07) is 4.30. The van der Waals surface area contributed by atoms with E-state index in [0.717, 1.165) is 0 Å². The van der Waals surface area contributed by atoms with Crippen LogP contribution in [0.4, 0.5) is 24.5 Å². The van der Waals surface area contributed by atoms with Crippen LogP contribution in [-0.2, 0) is 0 Å². The van der Waals surface area contributed by atoms with Crippen molar-refractivity contribution in [2.45, 2.75) is 5.51 Å². The maximum atomic E-state index is 12.0. The number of non-ortho nitro benzene ring substituents is 1. The van der Waals surface area contributed by atoms with Crippen molar-refractivity contribution in [1.82, 2.24) is 4.98 Å². The minimum absolute atomic E-state index is 0.0670. The molecule has 112 valence electrons. The van der Waals surface area contributed by atoms with E-state index < -0.39 is 10.4 Å². The Labute approximate surface area is 121 Å². The SMILES string of the molecule is O=[N+]([O-])c1ccc(NCCSC(F)(F)F)c2cnccc12. The fourth-order valence-electron chi connectivity index (χ4n) is 1.84. The number of fused-ring (bicyclic) bond motifs is 1. The summed E-state index contributed by atoms with van der Waals surface area (Å²) in [5.74, 6) is -0.151. The van der Waals surface area contributed by atoms with Gasteiger partial charge in [0.2, 0.25) is 0 Å². The number of nitro groups is 1. The second kappa shape index (κ2) is 6.17. The number of thioether (sulfide) groups is 1. The summed E-state index contributed by atoms with van der Waals surface area (Å²) in [6.45, 7) is 0.0893. The number of anilines is 1. The van der Waals surface area contributed by atoms with Crippen molar-refractivity contribution in [2.75, 3.05) is 17.6 Å². The molecule has 0 saturated carbocycles. The van der Waals surface area contributed by atoms with Crippen molar-refractivity contribution in [3.8, 4) is 0 Å². The molecule has 0 radical (unpaired) electrons. The summed E-state index contributed by atoms with van der Waals surface area (Å²) >= 11 is -0.120. The lowest BCUT2D eigenvalue weighted by Gasteiger charge is -2.10. The van der Waals surface area contributed by atoms with E-state index in [1.807, 2.05) is 0 Å². The normalized spacial score (nSPS) is 11.6. The molecule has 0 bridgehead atoms. The van der Waals surface area contributed by atoms with Crippen LogP contribution >= 0.6 is 11.8 Å². The highest BCUT2D eigenvalue weighted by Crippen LogP contribution is 2.32. The molecule has 1 N–H and O–H groups in total. The van der Waals surface area contributed by atoms with E-state index >= 15 is 0 Å². The van der Waals surface area contributed by atoms with Crippen LogP contribution in [0.2, 0.25) is 0 Å². The molecule has 0 saturated heterocycles. The molecule has 0 aliphatic rings. The molecule has 0 aliphatic carbocycles. The molecule has 2 rings (SSSR count). The fraction of sp³-hybridized carbons (Fsp3) is 0.250. The van der Waals surface area contributed by atoms with Gasteiger partial charge in [0.1, 0.15) is 0 Å². The molecule has 0 unspecified atom stereocenters. The lowest BCUT2D eigenvalue weighted by molar-refractivity contribution is -0.383. The largest absolute Gasteiger partial charge is 0.441 e. The second-order valence-electron chi connectivity index (χ2n) is 4.03. The Bertz CT molecular complexity index is 664. The smallest absolute Gasteiger partial charge is 0.384 e. The van der Waals surface area contributed by atoms with Gasteiger partial charge in [-0.15, -0.1) is 0 Å². The van der Waals surface area contributed by atoms with Gasteiger partial charge in [-0.1, -0.05) is 0 Å². The zero-order chi connectivity index (χ0) is 15.5. The number of alkyl halides is 3. The van der Waals surface area contributed by atoms with E-state index in [0.29, 0.717) is 16.5 Å². The molecule has 21 heavy (non-hydrogen) atoms. The van der Waals surface area contributed by atoms with Gasteiger partial charge < -0.3 is 5.32 Å². The Balaban J connectivity index is 2.18. The van der Waals surface area contributed by atoms with Crippen molar-refractivity contribution in [3.63, 3.8) is 0 Å². The van der Waals surface area contributed by atoms with Gasteiger partial charge in [-0.25, -0.2) is 0 Å². The molecule has 0 fully saturated rings. The number of rotatable bonds is 5. The Morgan fingerprint density at radius 3 is 2.71 bits per heavy atom. The summed E-state index contributed by atoms with van der Waals surface area (Å²) in [5.41, 5.74) is -3.81. The average Bonchev–Trinajstić information content (AvgIpc) is 2.42. The van der Waals surface area contributed by atoms with Crippen molar-refractivity contribution >= 4 is 33.9 Å². The monoisotopic (exact) mass is 317 g/mol. The third kappa shape index (κ3) is 3.97. The standard InChI is InChI=1S/C12H10F3N3O2S/c13-12(14,15)21-6-5-17-10-1-2-11(18(19)20)8-3-4-16-7-9(8)10/h1-4,7,17H,5-6H2. The molecule has 1 heterocycles.